The molecule has 0 aliphatic heterocycles. The van der Waals surface area contributed by atoms with Crippen molar-refractivity contribution < 1.29 is 4.79 Å². The van der Waals surface area contributed by atoms with E-state index >= 15 is 0 Å². The highest BCUT2D eigenvalue weighted by Crippen LogP contribution is 2.27. The van der Waals surface area contributed by atoms with Crippen LogP contribution < -0.4 is 5.32 Å². The summed E-state index contributed by atoms with van der Waals surface area (Å²) in [6.07, 6.45) is 2.61. The van der Waals surface area contributed by atoms with E-state index in [1.54, 1.807) is 18.3 Å². The Morgan fingerprint density at radius 3 is 3.06 bits per heavy atom. The maximum atomic E-state index is 11.6. The molecule has 1 atom stereocenters. The summed E-state index contributed by atoms with van der Waals surface area (Å²) in [7, 11) is 0. The van der Waals surface area contributed by atoms with Crippen LogP contribution in [-0.2, 0) is 4.79 Å². The quantitative estimate of drug-likeness (QED) is 0.826. The number of hydrogen-bond acceptors (Lipinski definition) is 3. The Kier molecular flexibility index (Phi) is 5.63. The van der Waals surface area contributed by atoms with E-state index in [4.69, 9.17) is 11.6 Å². The lowest BCUT2D eigenvalue weighted by molar-refractivity contribution is -0.120. The van der Waals surface area contributed by atoms with Gasteiger partial charge in [0.2, 0.25) is 5.91 Å². The Labute approximate surface area is 105 Å². The molecule has 3 nitrogen and oxygen atoms in total. The summed E-state index contributed by atoms with van der Waals surface area (Å²) in [6, 6.07) is 3.54. The number of halogens is 1. The van der Waals surface area contributed by atoms with E-state index in [9.17, 15) is 4.79 Å². The first-order valence-corrected chi connectivity index (χ1v) is 6.45. The molecule has 5 heteroatoms. The molecule has 16 heavy (non-hydrogen) atoms. The van der Waals surface area contributed by atoms with Crippen molar-refractivity contribution in [2.75, 3.05) is 6.54 Å². The molecular weight excluding hydrogens is 244 g/mol. The first-order chi connectivity index (χ1) is 7.65. The molecule has 1 unspecified atom stereocenters. The minimum Gasteiger partial charge on any atom is -0.355 e. The fourth-order valence-electron chi connectivity index (χ4n) is 1.07. The van der Waals surface area contributed by atoms with Crippen molar-refractivity contribution in [1.29, 1.82) is 0 Å². The molecule has 0 fully saturated rings. The lowest BCUT2D eigenvalue weighted by atomic mass is 10.4. The second-order valence-corrected chi connectivity index (χ2v) is 5.08. The third-order valence-corrected chi connectivity index (χ3v) is 3.46. The van der Waals surface area contributed by atoms with Gasteiger partial charge in [-0.3, -0.25) is 4.79 Å². The third-order valence-electron chi connectivity index (χ3n) is 1.93. The molecule has 88 valence electrons. The van der Waals surface area contributed by atoms with Gasteiger partial charge in [-0.05, 0) is 25.5 Å². The van der Waals surface area contributed by atoms with Crippen LogP contribution in [0.3, 0.4) is 0 Å². The van der Waals surface area contributed by atoms with Crippen molar-refractivity contribution in [3.63, 3.8) is 0 Å². The lowest BCUT2D eigenvalue weighted by Gasteiger charge is -2.11. The normalized spacial score (nSPS) is 12.2. The van der Waals surface area contributed by atoms with Crippen LogP contribution >= 0.6 is 23.4 Å². The summed E-state index contributed by atoms with van der Waals surface area (Å²) >= 11 is 7.34. The average Bonchev–Trinajstić information content (AvgIpc) is 2.28. The molecule has 1 heterocycles. The number of carbonyl (C=O) groups excluding carboxylic acids is 1. The molecule has 0 aliphatic carbocycles. The van der Waals surface area contributed by atoms with Gasteiger partial charge in [-0.15, -0.1) is 0 Å². The molecule has 1 amide bonds. The average molecular weight is 259 g/mol. The van der Waals surface area contributed by atoms with Crippen molar-refractivity contribution in [2.24, 2.45) is 0 Å². The van der Waals surface area contributed by atoms with Gasteiger partial charge in [0.15, 0.2) is 0 Å². The van der Waals surface area contributed by atoms with E-state index in [0.29, 0.717) is 16.6 Å². The molecule has 1 N–H and O–H groups in total. The van der Waals surface area contributed by atoms with E-state index < -0.39 is 0 Å². The summed E-state index contributed by atoms with van der Waals surface area (Å²) in [6.45, 7) is 4.58. The number of amides is 1. The van der Waals surface area contributed by atoms with E-state index in [1.165, 1.54) is 11.8 Å². The molecule has 1 aromatic rings. The van der Waals surface area contributed by atoms with Crippen LogP contribution in [0.2, 0.25) is 5.02 Å². The summed E-state index contributed by atoms with van der Waals surface area (Å²) in [5.41, 5.74) is 0. The minimum atomic E-state index is -0.182. The molecule has 0 radical (unpaired) electrons. The highest BCUT2D eigenvalue weighted by atomic mass is 35.5. The first-order valence-electron chi connectivity index (χ1n) is 5.20. The monoisotopic (exact) mass is 258 g/mol. The topological polar surface area (TPSA) is 42.0 Å². The fraction of sp³-hybridized carbons (Fsp3) is 0.455. The predicted octanol–water partition coefficient (Wildman–Crippen LogP) is 2.74. The molecule has 0 saturated heterocycles. The molecular formula is C11H15ClN2OS. The number of rotatable bonds is 5. The van der Waals surface area contributed by atoms with Gasteiger partial charge in [-0.2, -0.15) is 0 Å². The minimum absolute atomic E-state index is 0.0218. The van der Waals surface area contributed by atoms with Gasteiger partial charge < -0.3 is 5.32 Å². The number of nitrogens with one attached hydrogen (secondary N) is 1. The predicted molar refractivity (Wildman–Crippen MR) is 67.9 cm³/mol. The number of hydrogen-bond donors (Lipinski definition) is 1. The molecule has 0 aromatic carbocycles. The Morgan fingerprint density at radius 1 is 1.69 bits per heavy atom. The van der Waals surface area contributed by atoms with Gasteiger partial charge in [0, 0.05) is 12.7 Å². The van der Waals surface area contributed by atoms with Crippen LogP contribution in [-0.4, -0.2) is 22.7 Å². The zero-order valence-corrected chi connectivity index (χ0v) is 10.9. The van der Waals surface area contributed by atoms with Gasteiger partial charge in [0.05, 0.1) is 10.3 Å². The van der Waals surface area contributed by atoms with Crippen LogP contribution in [0, 0.1) is 0 Å². The standard InChI is InChI=1S/C11H15ClN2OS/c1-3-6-13-10(15)8(2)16-11-9(12)5-4-7-14-11/h4-5,7-8H,3,6H2,1-2H3,(H,13,15). The van der Waals surface area contributed by atoms with Crippen molar-refractivity contribution in [3.05, 3.63) is 23.4 Å². The smallest absolute Gasteiger partial charge is 0.233 e. The van der Waals surface area contributed by atoms with E-state index in [1.807, 2.05) is 13.8 Å². The fourth-order valence-corrected chi connectivity index (χ4v) is 2.15. The summed E-state index contributed by atoms with van der Waals surface area (Å²) in [5.74, 6) is 0.0218. The molecule has 0 spiro atoms. The summed E-state index contributed by atoms with van der Waals surface area (Å²) in [4.78, 5) is 15.7. The van der Waals surface area contributed by atoms with Gasteiger partial charge >= 0.3 is 0 Å². The van der Waals surface area contributed by atoms with Crippen LogP contribution in [0.1, 0.15) is 20.3 Å². The van der Waals surface area contributed by atoms with Gasteiger partial charge in [-0.25, -0.2) is 4.98 Å². The molecule has 1 rings (SSSR count). The molecule has 0 saturated carbocycles. The van der Waals surface area contributed by atoms with E-state index in [0.717, 1.165) is 6.42 Å². The van der Waals surface area contributed by atoms with Crippen molar-refractivity contribution in [1.82, 2.24) is 10.3 Å². The lowest BCUT2D eigenvalue weighted by Crippen LogP contribution is -2.31. The van der Waals surface area contributed by atoms with Crippen molar-refractivity contribution >= 4 is 29.3 Å². The van der Waals surface area contributed by atoms with Gasteiger partial charge in [-0.1, -0.05) is 30.3 Å². The highest BCUT2D eigenvalue weighted by Gasteiger charge is 2.15. The molecule has 0 aliphatic rings. The van der Waals surface area contributed by atoms with E-state index in [2.05, 4.69) is 10.3 Å². The van der Waals surface area contributed by atoms with Crippen LogP contribution in [0.15, 0.2) is 23.4 Å². The third kappa shape index (κ3) is 4.02. The largest absolute Gasteiger partial charge is 0.355 e. The number of pyridine rings is 1. The Balaban J connectivity index is 2.54. The van der Waals surface area contributed by atoms with Gasteiger partial charge in [0.25, 0.3) is 0 Å². The first kappa shape index (κ1) is 13.3. The van der Waals surface area contributed by atoms with Crippen LogP contribution in [0.4, 0.5) is 0 Å². The Bertz CT molecular complexity index is 360. The Morgan fingerprint density at radius 2 is 2.44 bits per heavy atom. The van der Waals surface area contributed by atoms with Crippen molar-refractivity contribution in [2.45, 2.75) is 30.5 Å². The SMILES string of the molecule is CCCNC(=O)C(C)Sc1ncccc1Cl. The zero-order chi connectivity index (χ0) is 12.0. The van der Waals surface area contributed by atoms with Gasteiger partial charge in [0.1, 0.15) is 5.03 Å². The Hall–Kier alpha value is -0.740. The zero-order valence-electron chi connectivity index (χ0n) is 9.37. The number of carbonyl (C=O) groups is 1. The highest BCUT2D eigenvalue weighted by molar-refractivity contribution is 8.00. The van der Waals surface area contributed by atoms with E-state index in [-0.39, 0.29) is 11.2 Å². The second kappa shape index (κ2) is 6.76. The number of thioether (sulfide) groups is 1. The van der Waals surface area contributed by atoms with Crippen LogP contribution in [0.5, 0.6) is 0 Å². The summed E-state index contributed by atoms with van der Waals surface area (Å²) < 4.78 is 0. The summed E-state index contributed by atoms with van der Waals surface area (Å²) in [5, 5.41) is 3.94. The van der Waals surface area contributed by atoms with Crippen LogP contribution in [0.25, 0.3) is 0 Å². The number of nitrogens with zero attached hydrogens (tertiary/aromatic N) is 1. The second-order valence-electron chi connectivity index (χ2n) is 3.34. The van der Waals surface area contributed by atoms with Crippen molar-refractivity contribution in [3.8, 4) is 0 Å². The number of aromatic nitrogens is 1. The maximum Gasteiger partial charge on any atom is 0.233 e. The molecule has 1 aromatic heterocycles. The molecule has 0 bridgehead atoms. The maximum absolute atomic E-state index is 11.6.